The third kappa shape index (κ3) is 4.76. The topological polar surface area (TPSA) is 106 Å². The largest absolute Gasteiger partial charge is 0.495 e. The van der Waals surface area contributed by atoms with E-state index in [1.807, 2.05) is 38.1 Å². The van der Waals surface area contributed by atoms with Gasteiger partial charge in [-0.15, -0.1) is 0 Å². The summed E-state index contributed by atoms with van der Waals surface area (Å²) in [6.07, 6.45) is 1.48. The Morgan fingerprint density at radius 2 is 1.96 bits per heavy atom. The summed E-state index contributed by atoms with van der Waals surface area (Å²) in [5, 5.41) is 13.1. The first-order valence-corrected chi connectivity index (χ1v) is 8.84. The van der Waals surface area contributed by atoms with Crippen molar-refractivity contribution in [3.8, 4) is 11.6 Å². The van der Waals surface area contributed by atoms with Crippen LogP contribution in [-0.4, -0.2) is 46.0 Å². The number of nitrogens with one attached hydrogen (secondary N) is 3. The van der Waals surface area contributed by atoms with Gasteiger partial charge in [0, 0.05) is 24.8 Å². The van der Waals surface area contributed by atoms with Gasteiger partial charge in [-0.1, -0.05) is 12.1 Å². The summed E-state index contributed by atoms with van der Waals surface area (Å²) in [6, 6.07) is 10.7. The van der Waals surface area contributed by atoms with Crippen LogP contribution in [0, 0.1) is 13.8 Å². The number of hydrogen-bond donors (Lipinski definition) is 3. The molecule has 2 aromatic heterocycles. The molecule has 0 bridgehead atoms. The van der Waals surface area contributed by atoms with Crippen molar-refractivity contribution in [2.75, 3.05) is 30.8 Å². The summed E-state index contributed by atoms with van der Waals surface area (Å²) in [5.74, 6) is 1.95. The maximum Gasteiger partial charge on any atom is 0.319 e. The highest BCUT2D eigenvalue weighted by atomic mass is 16.5. The third-order valence-electron chi connectivity index (χ3n) is 3.95. The minimum atomic E-state index is -0.308. The lowest BCUT2D eigenvalue weighted by atomic mass is 10.3. The number of urea groups is 1. The predicted molar refractivity (Wildman–Crippen MR) is 107 cm³/mol. The van der Waals surface area contributed by atoms with Crippen molar-refractivity contribution in [3.05, 3.63) is 54.1 Å². The van der Waals surface area contributed by atoms with Crippen molar-refractivity contribution in [1.29, 1.82) is 0 Å². The van der Waals surface area contributed by atoms with Crippen LogP contribution in [0.25, 0.3) is 5.82 Å². The average molecular weight is 381 g/mol. The Morgan fingerprint density at radius 1 is 1.14 bits per heavy atom. The number of aromatic nitrogens is 4. The molecule has 0 fully saturated rings. The first-order valence-electron chi connectivity index (χ1n) is 8.84. The molecule has 0 spiro atoms. The van der Waals surface area contributed by atoms with E-state index < -0.39 is 0 Å². The summed E-state index contributed by atoms with van der Waals surface area (Å²) in [5.41, 5.74) is 2.54. The van der Waals surface area contributed by atoms with E-state index in [1.54, 1.807) is 23.9 Å². The molecule has 146 valence electrons. The number of methoxy groups -OCH3 is 1. The van der Waals surface area contributed by atoms with Crippen molar-refractivity contribution in [2.24, 2.45) is 0 Å². The zero-order chi connectivity index (χ0) is 19.9. The number of ether oxygens (including phenoxy) is 1. The zero-order valence-electron chi connectivity index (χ0n) is 16.1. The van der Waals surface area contributed by atoms with Crippen LogP contribution in [0.1, 0.15) is 11.4 Å². The molecule has 3 rings (SSSR count). The molecule has 9 nitrogen and oxygen atoms in total. The van der Waals surface area contributed by atoms with Gasteiger partial charge in [-0.3, -0.25) is 0 Å². The number of aryl methyl sites for hydroxylation is 2. The van der Waals surface area contributed by atoms with Gasteiger partial charge < -0.3 is 20.7 Å². The fourth-order valence-electron chi connectivity index (χ4n) is 2.70. The molecule has 0 aliphatic heterocycles. The van der Waals surface area contributed by atoms with Gasteiger partial charge >= 0.3 is 6.03 Å². The molecule has 0 aliphatic carbocycles. The highest BCUT2D eigenvalue weighted by Crippen LogP contribution is 2.22. The van der Waals surface area contributed by atoms with E-state index in [9.17, 15) is 4.79 Å². The average Bonchev–Trinajstić information content (AvgIpc) is 3.04. The number of amides is 2. The molecule has 2 amide bonds. The second-order valence-electron chi connectivity index (χ2n) is 6.11. The second-order valence-corrected chi connectivity index (χ2v) is 6.11. The Balaban J connectivity index is 1.49. The van der Waals surface area contributed by atoms with Gasteiger partial charge in [0.05, 0.1) is 18.5 Å². The second kappa shape index (κ2) is 8.85. The smallest absolute Gasteiger partial charge is 0.319 e. The molecule has 2 heterocycles. The summed E-state index contributed by atoms with van der Waals surface area (Å²) in [6.45, 7) is 4.83. The Labute approximate surface area is 163 Å². The molecular formula is C19H23N7O2. The first kappa shape index (κ1) is 19.2. The van der Waals surface area contributed by atoms with Crippen LogP contribution in [0.3, 0.4) is 0 Å². The summed E-state index contributed by atoms with van der Waals surface area (Å²) >= 11 is 0. The van der Waals surface area contributed by atoms with Crippen molar-refractivity contribution >= 4 is 17.5 Å². The van der Waals surface area contributed by atoms with Crippen LogP contribution in [0.15, 0.2) is 42.7 Å². The zero-order valence-corrected chi connectivity index (χ0v) is 16.1. The fraction of sp³-hybridized carbons (Fsp3) is 0.263. The molecule has 3 N–H and O–H groups in total. The molecule has 0 radical (unpaired) electrons. The van der Waals surface area contributed by atoms with Gasteiger partial charge in [0.25, 0.3) is 0 Å². The normalized spacial score (nSPS) is 10.4. The number of para-hydroxylation sites is 2. The lowest BCUT2D eigenvalue weighted by molar-refractivity contribution is 0.252. The van der Waals surface area contributed by atoms with Crippen LogP contribution in [-0.2, 0) is 0 Å². The minimum absolute atomic E-state index is 0.308. The van der Waals surface area contributed by atoms with Crippen molar-refractivity contribution in [3.63, 3.8) is 0 Å². The number of carbonyl (C=O) groups excluding carboxylic acids is 1. The first-order chi connectivity index (χ1) is 13.6. The maximum absolute atomic E-state index is 12.0. The van der Waals surface area contributed by atoms with Crippen LogP contribution < -0.4 is 20.7 Å². The van der Waals surface area contributed by atoms with Gasteiger partial charge in [0.1, 0.15) is 17.9 Å². The molecule has 0 unspecified atom stereocenters. The Kier molecular flexibility index (Phi) is 6.05. The molecule has 1 aromatic carbocycles. The maximum atomic E-state index is 12.0. The molecule has 0 aliphatic rings. The van der Waals surface area contributed by atoms with Gasteiger partial charge in [-0.2, -0.15) is 5.10 Å². The third-order valence-corrected chi connectivity index (χ3v) is 3.95. The highest BCUT2D eigenvalue weighted by Gasteiger charge is 2.07. The standard InChI is InChI=1S/C19H23N7O2/c1-13-10-14(2)26(25-13)18-11-17(22-12-23-18)20-8-9-21-19(27)24-15-6-4-5-7-16(15)28-3/h4-7,10-12H,8-9H2,1-3H3,(H,20,22,23)(H2,21,24,27). The van der Waals surface area contributed by atoms with Gasteiger partial charge in [0.2, 0.25) is 0 Å². The molecule has 0 saturated heterocycles. The molecule has 3 aromatic rings. The minimum Gasteiger partial charge on any atom is -0.495 e. The van der Waals surface area contributed by atoms with E-state index >= 15 is 0 Å². The lowest BCUT2D eigenvalue weighted by Crippen LogP contribution is -2.32. The van der Waals surface area contributed by atoms with Crippen molar-refractivity contribution in [2.45, 2.75) is 13.8 Å². The number of rotatable bonds is 7. The van der Waals surface area contributed by atoms with Gasteiger partial charge in [-0.25, -0.2) is 19.4 Å². The molecule has 28 heavy (non-hydrogen) atoms. The number of nitrogens with zero attached hydrogens (tertiary/aromatic N) is 4. The van der Waals surface area contributed by atoms with Crippen LogP contribution in [0.4, 0.5) is 16.3 Å². The molecular weight excluding hydrogens is 358 g/mol. The van der Waals surface area contributed by atoms with Crippen molar-refractivity contribution in [1.82, 2.24) is 25.1 Å². The Morgan fingerprint density at radius 3 is 2.71 bits per heavy atom. The Bertz CT molecular complexity index is 955. The van der Waals surface area contributed by atoms with Crippen molar-refractivity contribution < 1.29 is 9.53 Å². The summed E-state index contributed by atoms with van der Waals surface area (Å²) < 4.78 is 6.98. The predicted octanol–water partition coefficient (Wildman–Crippen LogP) is 2.52. The molecule has 9 heteroatoms. The number of carbonyl (C=O) groups is 1. The van der Waals surface area contributed by atoms with Crippen LogP contribution >= 0.6 is 0 Å². The van der Waals surface area contributed by atoms with E-state index in [1.165, 1.54) is 6.33 Å². The molecule has 0 atom stereocenters. The summed E-state index contributed by atoms with van der Waals surface area (Å²) in [4.78, 5) is 20.5. The van der Waals surface area contributed by atoms with E-state index in [0.29, 0.717) is 36.2 Å². The van der Waals surface area contributed by atoms with E-state index in [4.69, 9.17) is 4.74 Å². The number of benzene rings is 1. The van der Waals surface area contributed by atoms with E-state index in [2.05, 4.69) is 31.0 Å². The summed E-state index contributed by atoms with van der Waals surface area (Å²) in [7, 11) is 1.56. The van der Waals surface area contributed by atoms with Crippen LogP contribution in [0.5, 0.6) is 5.75 Å². The van der Waals surface area contributed by atoms with Crippen LogP contribution in [0.2, 0.25) is 0 Å². The quantitative estimate of drug-likeness (QED) is 0.543. The van der Waals surface area contributed by atoms with E-state index in [0.717, 1.165) is 11.4 Å². The molecule has 0 saturated carbocycles. The number of hydrogen-bond acceptors (Lipinski definition) is 6. The fourth-order valence-corrected chi connectivity index (χ4v) is 2.70. The SMILES string of the molecule is COc1ccccc1NC(=O)NCCNc1cc(-n2nc(C)cc2C)ncn1. The van der Waals surface area contributed by atoms with Gasteiger partial charge in [-0.05, 0) is 32.0 Å². The highest BCUT2D eigenvalue weighted by molar-refractivity contribution is 5.90. The lowest BCUT2D eigenvalue weighted by Gasteiger charge is -2.11. The Hall–Kier alpha value is -3.62. The number of anilines is 2. The van der Waals surface area contributed by atoms with Gasteiger partial charge in [0.15, 0.2) is 5.82 Å². The monoisotopic (exact) mass is 381 g/mol. The van der Waals surface area contributed by atoms with E-state index in [-0.39, 0.29) is 6.03 Å².